The van der Waals surface area contributed by atoms with Crippen LogP contribution in [0.15, 0.2) is 0 Å². The average molecular weight is 362 g/mol. The van der Waals surface area contributed by atoms with Gasteiger partial charge in [-0.05, 0) is 31.2 Å². The van der Waals surface area contributed by atoms with Gasteiger partial charge in [0.2, 0.25) is 17.8 Å². The number of fused-ring (bicyclic) bond motifs is 1. The van der Waals surface area contributed by atoms with Gasteiger partial charge in [-0.15, -0.1) is 11.3 Å². The number of ether oxygens (including phenoxy) is 1. The Bertz CT molecular complexity index is 815. The Hall–Kier alpha value is -2.75. The smallest absolute Gasteiger partial charge is 0.341 e. The molecule has 0 saturated carbocycles. The molecule has 0 radical (unpaired) electrons. The molecule has 2 aromatic heterocycles. The van der Waals surface area contributed by atoms with Crippen molar-refractivity contribution in [2.24, 2.45) is 0 Å². The second-order valence-corrected chi connectivity index (χ2v) is 6.75. The molecule has 0 saturated heterocycles. The molecule has 1 amide bonds. The molecule has 0 aromatic carbocycles. The van der Waals surface area contributed by atoms with Crippen molar-refractivity contribution in [2.75, 3.05) is 16.8 Å². The lowest BCUT2D eigenvalue weighted by atomic mass is 9.95. The number of rotatable bonds is 4. The van der Waals surface area contributed by atoms with Crippen LogP contribution in [0.4, 0.5) is 16.9 Å². The molecule has 1 aliphatic carbocycles. The number of esters is 1. The summed E-state index contributed by atoms with van der Waals surface area (Å²) in [4.78, 5) is 36.6. The molecule has 0 atom stereocenters. The zero-order valence-corrected chi connectivity index (χ0v) is 14.5. The third kappa shape index (κ3) is 3.85. The fraction of sp³-hybridized carbons (Fsp3) is 0.400. The standard InChI is InChI=1S/C15H18N6O3S/c1-7(22)18-12-11(8-4-2-3-5-9(8)25-12)13(23)24-6-10-19-14(16)21-15(17)20-10/h2-6H2,1H3,(H,18,22)(H4,16,17,19,20,21). The topological polar surface area (TPSA) is 146 Å². The Morgan fingerprint density at radius 3 is 2.52 bits per heavy atom. The molecule has 10 heteroatoms. The molecule has 132 valence electrons. The van der Waals surface area contributed by atoms with Gasteiger partial charge in [0, 0.05) is 11.8 Å². The van der Waals surface area contributed by atoms with E-state index in [1.807, 2.05) is 0 Å². The summed E-state index contributed by atoms with van der Waals surface area (Å²) < 4.78 is 5.32. The molecular formula is C15H18N6O3S. The maximum atomic E-state index is 12.6. The van der Waals surface area contributed by atoms with Crippen LogP contribution in [0.2, 0.25) is 0 Å². The van der Waals surface area contributed by atoms with Crippen LogP contribution < -0.4 is 16.8 Å². The summed E-state index contributed by atoms with van der Waals surface area (Å²) in [6.07, 6.45) is 3.77. The van der Waals surface area contributed by atoms with Crippen molar-refractivity contribution >= 4 is 40.1 Å². The van der Waals surface area contributed by atoms with E-state index in [9.17, 15) is 9.59 Å². The van der Waals surface area contributed by atoms with E-state index >= 15 is 0 Å². The molecule has 0 bridgehead atoms. The third-order valence-corrected chi connectivity index (χ3v) is 4.92. The molecule has 9 nitrogen and oxygen atoms in total. The van der Waals surface area contributed by atoms with Crippen LogP contribution in [0.5, 0.6) is 0 Å². The summed E-state index contributed by atoms with van der Waals surface area (Å²) in [7, 11) is 0. The minimum atomic E-state index is -0.527. The van der Waals surface area contributed by atoms with Crippen molar-refractivity contribution in [2.45, 2.75) is 39.2 Å². The first-order valence-electron chi connectivity index (χ1n) is 7.79. The number of amides is 1. The Morgan fingerprint density at radius 1 is 1.16 bits per heavy atom. The van der Waals surface area contributed by atoms with Crippen molar-refractivity contribution in [3.05, 3.63) is 21.8 Å². The zero-order valence-electron chi connectivity index (χ0n) is 13.7. The van der Waals surface area contributed by atoms with E-state index in [0.717, 1.165) is 36.1 Å². The van der Waals surface area contributed by atoms with Crippen LogP contribution in [-0.2, 0) is 29.0 Å². The second-order valence-electron chi connectivity index (χ2n) is 5.64. The van der Waals surface area contributed by atoms with E-state index in [1.165, 1.54) is 18.3 Å². The minimum absolute atomic E-state index is 0.0367. The molecule has 0 spiro atoms. The van der Waals surface area contributed by atoms with Gasteiger partial charge in [-0.2, -0.15) is 15.0 Å². The van der Waals surface area contributed by atoms with Crippen molar-refractivity contribution in [3.8, 4) is 0 Å². The summed E-state index contributed by atoms with van der Waals surface area (Å²) in [5.74, 6) is -0.661. The molecule has 3 rings (SSSR count). The van der Waals surface area contributed by atoms with Crippen LogP contribution >= 0.6 is 11.3 Å². The Labute approximate surface area is 147 Å². The van der Waals surface area contributed by atoms with Crippen molar-refractivity contribution in [3.63, 3.8) is 0 Å². The van der Waals surface area contributed by atoms with Crippen molar-refractivity contribution < 1.29 is 14.3 Å². The highest BCUT2D eigenvalue weighted by molar-refractivity contribution is 7.17. The molecule has 0 aliphatic heterocycles. The number of hydrogen-bond donors (Lipinski definition) is 3. The van der Waals surface area contributed by atoms with Crippen molar-refractivity contribution in [1.82, 2.24) is 15.0 Å². The van der Waals surface area contributed by atoms with Crippen LogP contribution in [0.1, 0.15) is 46.4 Å². The van der Waals surface area contributed by atoms with E-state index in [4.69, 9.17) is 16.2 Å². The highest BCUT2D eigenvalue weighted by Crippen LogP contribution is 2.38. The second kappa shape index (κ2) is 7.01. The summed E-state index contributed by atoms with van der Waals surface area (Å²) >= 11 is 1.43. The molecule has 2 aromatic rings. The van der Waals surface area contributed by atoms with Gasteiger partial charge >= 0.3 is 5.97 Å². The predicted molar refractivity (Wildman–Crippen MR) is 93.0 cm³/mol. The number of carbonyl (C=O) groups excluding carboxylic acids is 2. The van der Waals surface area contributed by atoms with Gasteiger partial charge in [-0.1, -0.05) is 0 Å². The van der Waals surface area contributed by atoms with E-state index < -0.39 is 5.97 Å². The van der Waals surface area contributed by atoms with E-state index in [2.05, 4.69) is 20.3 Å². The highest BCUT2D eigenvalue weighted by Gasteiger charge is 2.27. The number of nitrogen functional groups attached to an aromatic ring is 2. The van der Waals surface area contributed by atoms with Gasteiger partial charge in [0.1, 0.15) is 5.00 Å². The largest absolute Gasteiger partial charge is 0.454 e. The quantitative estimate of drug-likeness (QED) is 0.690. The fourth-order valence-electron chi connectivity index (χ4n) is 2.75. The Morgan fingerprint density at radius 2 is 1.84 bits per heavy atom. The van der Waals surface area contributed by atoms with Crippen LogP contribution in [0.25, 0.3) is 0 Å². The number of aromatic nitrogens is 3. The van der Waals surface area contributed by atoms with Gasteiger partial charge in [0.25, 0.3) is 0 Å². The van der Waals surface area contributed by atoms with Crippen LogP contribution in [0, 0.1) is 0 Å². The van der Waals surface area contributed by atoms with E-state index in [1.54, 1.807) is 0 Å². The molecule has 2 heterocycles. The summed E-state index contributed by atoms with van der Waals surface area (Å²) in [5, 5.41) is 3.25. The number of nitrogens with one attached hydrogen (secondary N) is 1. The lowest BCUT2D eigenvalue weighted by Gasteiger charge is -2.12. The third-order valence-electron chi connectivity index (χ3n) is 3.71. The maximum absolute atomic E-state index is 12.6. The molecule has 5 N–H and O–H groups in total. The number of thiophene rings is 1. The van der Waals surface area contributed by atoms with E-state index in [0.29, 0.717) is 10.6 Å². The van der Waals surface area contributed by atoms with E-state index in [-0.39, 0.29) is 30.2 Å². The molecule has 0 unspecified atom stereocenters. The zero-order chi connectivity index (χ0) is 18.0. The number of hydrogen-bond acceptors (Lipinski definition) is 9. The van der Waals surface area contributed by atoms with Crippen LogP contribution in [-0.4, -0.2) is 26.8 Å². The monoisotopic (exact) mass is 362 g/mol. The first-order chi connectivity index (χ1) is 11.9. The molecular weight excluding hydrogens is 344 g/mol. The number of nitrogens with two attached hydrogens (primary N) is 2. The summed E-state index contributed by atoms with van der Waals surface area (Å²) in [5.41, 5.74) is 12.4. The highest BCUT2D eigenvalue weighted by atomic mass is 32.1. The van der Waals surface area contributed by atoms with Gasteiger partial charge < -0.3 is 21.5 Å². The summed E-state index contributed by atoms with van der Waals surface area (Å²) in [6.45, 7) is 1.23. The Kier molecular flexibility index (Phi) is 4.79. The first-order valence-corrected chi connectivity index (χ1v) is 8.61. The number of nitrogens with zero attached hydrogens (tertiary/aromatic N) is 3. The number of carbonyl (C=O) groups is 2. The minimum Gasteiger partial charge on any atom is -0.454 e. The van der Waals surface area contributed by atoms with Gasteiger partial charge in [0.15, 0.2) is 12.4 Å². The lowest BCUT2D eigenvalue weighted by molar-refractivity contribution is -0.114. The predicted octanol–water partition coefficient (Wildman–Crippen LogP) is 1.29. The van der Waals surface area contributed by atoms with Crippen molar-refractivity contribution in [1.29, 1.82) is 0 Å². The van der Waals surface area contributed by atoms with Gasteiger partial charge in [-0.25, -0.2) is 4.79 Å². The van der Waals surface area contributed by atoms with Gasteiger partial charge in [-0.3, -0.25) is 4.79 Å². The van der Waals surface area contributed by atoms with Gasteiger partial charge in [0.05, 0.1) is 5.56 Å². The van der Waals surface area contributed by atoms with Crippen LogP contribution in [0.3, 0.4) is 0 Å². The summed E-state index contributed by atoms with van der Waals surface area (Å²) in [6, 6.07) is 0. The normalized spacial score (nSPS) is 13.2. The lowest BCUT2D eigenvalue weighted by Crippen LogP contribution is -2.15. The number of anilines is 3. The molecule has 0 fully saturated rings. The maximum Gasteiger partial charge on any atom is 0.341 e. The average Bonchev–Trinajstić information content (AvgIpc) is 2.88. The molecule has 1 aliphatic rings. The SMILES string of the molecule is CC(=O)Nc1sc2c(c1C(=O)OCc1nc(N)nc(N)n1)CCCC2. The number of aryl methyl sites for hydroxylation is 1. The first kappa shape index (κ1) is 17.1. The fourth-order valence-corrected chi connectivity index (χ4v) is 4.08. The Balaban J connectivity index is 1.83. The molecule has 25 heavy (non-hydrogen) atoms.